The van der Waals surface area contributed by atoms with Gasteiger partial charge in [0.05, 0.1) is 0 Å². The van der Waals surface area contributed by atoms with E-state index >= 15 is 0 Å². The van der Waals surface area contributed by atoms with Crippen molar-refractivity contribution in [3.63, 3.8) is 0 Å². The third-order valence-corrected chi connectivity index (χ3v) is 2.14. The topological polar surface area (TPSA) is 42.2 Å². The predicted molar refractivity (Wildman–Crippen MR) is 65.9 cm³/mol. The summed E-state index contributed by atoms with van der Waals surface area (Å²) in [6.07, 6.45) is 0. The number of benzene rings is 1. The van der Waals surface area contributed by atoms with Crippen LogP contribution in [0.3, 0.4) is 0 Å². The van der Waals surface area contributed by atoms with Crippen LogP contribution in [0.1, 0.15) is 20.8 Å². The molecule has 0 unspecified atom stereocenters. The molecule has 1 N–H and O–H groups in total. The van der Waals surface area contributed by atoms with E-state index in [-0.39, 0.29) is 11.2 Å². The average Bonchev–Trinajstić information content (AvgIpc) is 2.14. The summed E-state index contributed by atoms with van der Waals surface area (Å²) in [6, 6.07) is 8.96. The van der Waals surface area contributed by atoms with E-state index in [4.69, 9.17) is 4.42 Å². The molecule has 0 aliphatic rings. The first-order valence-corrected chi connectivity index (χ1v) is 5.26. The number of fused-ring (bicyclic) bond motifs is 1. The van der Waals surface area contributed by atoms with E-state index in [1.54, 1.807) is 6.07 Å². The average molecular weight is 217 g/mol. The molecular formula is C13H15NO2. The lowest BCUT2D eigenvalue weighted by Gasteiger charge is -2.22. The third-order valence-electron chi connectivity index (χ3n) is 2.14. The van der Waals surface area contributed by atoms with Crippen molar-refractivity contribution in [2.45, 2.75) is 26.3 Å². The fourth-order valence-corrected chi connectivity index (χ4v) is 1.57. The fraction of sp³-hybridized carbons (Fsp3) is 0.308. The Hall–Kier alpha value is -1.77. The lowest BCUT2D eigenvalue weighted by molar-refractivity contribution is 0.561. The first-order valence-electron chi connectivity index (χ1n) is 5.26. The Labute approximate surface area is 94.1 Å². The van der Waals surface area contributed by atoms with Crippen molar-refractivity contribution in [3.8, 4) is 0 Å². The zero-order valence-electron chi connectivity index (χ0n) is 9.70. The van der Waals surface area contributed by atoms with Gasteiger partial charge >= 0.3 is 5.63 Å². The first kappa shape index (κ1) is 10.7. The number of anilines is 1. The van der Waals surface area contributed by atoms with Crippen LogP contribution < -0.4 is 10.9 Å². The summed E-state index contributed by atoms with van der Waals surface area (Å²) in [7, 11) is 0. The first-order chi connectivity index (χ1) is 7.44. The van der Waals surface area contributed by atoms with Crippen LogP contribution in [-0.2, 0) is 0 Å². The molecule has 0 radical (unpaired) electrons. The summed E-state index contributed by atoms with van der Waals surface area (Å²) in [5.41, 5.74) is 1.24. The lowest BCUT2D eigenvalue weighted by Crippen LogP contribution is -2.25. The molecule has 84 valence electrons. The van der Waals surface area contributed by atoms with Crippen molar-refractivity contribution in [2.75, 3.05) is 5.32 Å². The van der Waals surface area contributed by atoms with Crippen molar-refractivity contribution < 1.29 is 4.42 Å². The van der Waals surface area contributed by atoms with Gasteiger partial charge in [-0.25, -0.2) is 4.79 Å². The van der Waals surface area contributed by atoms with Crippen molar-refractivity contribution >= 4 is 16.7 Å². The van der Waals surface area contributed by atoms with Crippen LogP contribution in [0.2, 0.25) is 0 Å². The van der Waals surface area contributed by atoms with Gasteiger partial charge in [-0.15, -0.1) is 0 Å². The number of hydrogen-bond acceptors (Lipinski definition) is 3. The van der Waals surface area contributed by atoms with Crippen molar-refractivity contribution in [2.24, 2.45) is 0 Å². The van der Waals surface area contributed by atoms with Crippen molar-refractivity contribution in [1.29, 1.82) is 0 Å². The molecule has 16 heavy (non-hydrogen) atoms. The highest BCUT2D eigenvalue weighted by atomic mass is 16.4. The van der Waals surface area contributed by atoms with Gasteiger partial charge in [0.15, 0.2) is 0 Å². The third kappa shape index (κ3) is 2.42. The van der Waals surface area contributed by atoms with Crippen LogP contribution in [-0.4, -0.2) is 5.54 Å². The van der Waals surface area contributed by atoms with Crippen molar-refractivity contribution in [3.05, 3.63) is 40.8 Å². The summed E-state index contributed by atoms with van der Waals surface area (Å²) in [6.45, 7) is 6.25. The Balaban J connectivity index is 2.47. The van der Waals surface area contributed by atoms with Gasteiger partial charge in [-0.1, -0.05) is 0 Å². The van der Waals surface area contributed by atoms with Gasteiger partial charge < -0.3 is 9.73 Å². The zero-order valence-corrected chi connectivity index (χ0v) is 9.70. The van der Waals surface area contributed by atoms with Gasteiger partial charge in [0.25, 0.3) is 0 Å². The van der Waals surface area contributed by atoms with Gasteiger partial charge in [-0.2, -0.15) is 0 Å². The molecular weight excluding hydrogens is 202 g/mol. The van der Waals surface area contributed by atoms with E-state index in [1.807, 2.05) is 18.2 Å². The van der Waals surface area contributed by atoms with Crippen LogP contribution in [0.4, 0.5) is 5.69 Å². The maximum Gasteiger partial charge on any atom is 0.336 e. The molecule has 1 heterocycles. The Kier molecular flexibility index (Phi) is 2.46. The fourth-order valence-electron chi connectivity index (χ4n) is 1.57. The van der Waals surface area contributed by atoms with Crippen LogP contribution in [0, 0.1) is 0 Å². The molecule has 2 rings (SSSR count). The second kappa shape index (κ2) is 3.67. The molecule has 3 heteroatoms. The number of hydrogen-bond donors (Lipinski definition) is 1. The summed E-state index contributed by atoms with van der Waals surface area (Å²) < 4.78 is 5.12. The second-order valence-corrected chi connectivity index (χ2v) is 4.88. The van der Waals surface area contributed by atoms with Crippen molar-refractivity contribution in [1.82, 2.24) is 0 Å². The highest BCUT2D eigenvalue weighted by Gasteiger charge is 2.09. The molecule has 2 aromatic rings. The molecule has 1 aromatic heterocycles. The minimum absolute atomic E-state index is 0.0112. The van der Waals surface area contributed by atoms with E-state index in [2.05, 4.69) is 26.1 Å². The number of nitrogens with one attached hydrogen (secondary N) is 1. The summed E-state index contributed by atoms with van der Waals surface area (Å²) in [4.78, 5) is 11.1. The molecule has 3 nitrogen and oxygen atoms in total. The summed E-state index contributed by atoms with van der Waals surface area (Å²) in [5, 5.41) is 4.26. The van der Waals surface area contributed by atoms with Gasteiger partial charge in [0.2, 0.25) is 0 Å². The second-order valence-electron chi connectivity index (χ2n) is 4.88. The highest BCUT2D eigenvalue weighted by Crippen LogP contribution is 2.20. The Bertz CT molecular complexity index is 564. The zero-order chi connectivity index (χ0) is 11.8. The molecule has 0 atom stereocenters. The SMILES string of the molecule is CC(C)(C)Nc1ccc2ccc(=O)oc2c1. The van der Waals surface area contributed by atoms with E-state index in [0.29, 0.717) is 5.58 Å². The maximum absolute atomic E-state index is 11.1. The minimum Gasteiger partial charge on any atom is -0.423 e. The van der Waals surface area contributed by atoms with E-state index < -0.39 is 0 Å². The van der Waals surface area contributed by atoms with Crippen LogP contribution in [0.25, 0.3) is 11.0 Å². The molecule has 0 bridgehead atoms. The molecule has 0 fully saturated rings. The molecule has 0 saturated carbocycles. The summed E-state index contributed by atoms with van der Waals surface area (Å²) in [5.74, 6) is 0. The monoisotopic (exact) mass is 217 g/mol. The number of rotatable bonds is 1. The van der Waals surface area contributed by atoms with Gasteiger partial charge in [-0.05, 0) is 39.0 Å². The minimum atomic E-state index is -0.319. The molecule has 1 aromatic carbocycles. The predicted octanol–water partition coefficient (Wildman–Crippen LogP) is 3.00. The Morgan fingerprint density at radius 1 is 1.12 bits per heavy atom. The summed E-state index contributed by atoms with van der Waals surface area (Å²) >= 11 is 0. The van der Waals surface area contributed by atoms with Crippen LogP contribution in [0.5, 0.6) is 0 Å². The normalized spacial score (nSPS) is 11.7. The molecule has 0 spiro atoms. The molecule has 0 saturated heterocycles. The van der Waals surface area contributed by atoms with Gasteiger partial charge in [0, 0.05) is 28.7 Å². The Morgan fingerprint density at radius 3 is 2.50 bits per heavy atom. The van der Waals surface area contributed by atoms with Gasteiger partial charge in [0.1, 0.15) is 5.58 Å². The Morgan fingerprint density at radius 2 is 1.81 bits per heavy atom. The largest absolute Gasteiger partial charge is 0.423 e. The molecule has 0 aliphatic heterocycles. The molecule has 0 aliphatic carbocycles. The van der Waals surface area contributed by atoms with E-state index in [0.717, 1.165) is 11.1 Å². The van der Waals surface area contributed by atoms with Crippen LogP contribution >= 0.6 is 0 Å². The van der Waals surface area contributed by atoms with E-state index in [1.165, 1.54) is 6.07 Å². The highest BCUT2D eigenvalue weighted by molar-refractivity contribution is 5.80. The standard InChI is InChI=1S/C13H15NO2/c1-13(2,3)14-10-6-4-9-5-7-12(15)16-11(9)8-10/h4-8,14H,1-3H3. The quantitative estimate of drug-likeness (QED) is 0.746. The maximum atomic E-state index is 11.1. The van der Waals surface area contributed by atoms with Crippen LogP contribution in [0.15, 0.2) is 39.5 Å². The van der Waals surface area contributed by atoms with Gasteiger partial charge in [-0.3, -0.25) is 0 Å². The lowest BCUT2D eigenvalue weighted by atomic mass is 10.1. The smallest absolute Gasteiger partial charge is 0.336 e. The van der Waals surface area contributed by atoms with E-state index in [9.17, 15) is 4.79 Å². The molecule has 0 amide bonds.